The second-order valence-electron chi connectivity index (χ2n) is 3.98. The Bertz CT molecular complexity index is 446. The summed E-state index contributed by atoms with van der Waals surface area (Å²) in [7, 11) is 1.55. The summed E-state index contributed by atoms with van der Waals surface area (Å²) in [5, 5.41) is 0. The van der Waals surface area contributed by atoms with Gasteiger partial charge in [-0.25, -0.2) is 4.79 Å². The van der Waals surface area contributed by atoms with Crippen LogP contribution in [0.3, 0.4) is 0 Å². The second-order valence-corrected chi connectivity index (χ2v) is 3.98. The maximum Gasteiger partial charge on any atom is 0.345 e. The van der Waals surface area contributed by atoms with Crippen molar-refractivity contribution in [2.45, 2.75) is 18.6 Å². The Morgan fingerprint density at radius 1 is 1.44 bits per heavy atom. The highest BCUT2D eigenvalue weighted by molar-refractivity contribution is 5.97. The van der Waals surface area contributed by atoms with Gasteiger partial charge in [0, 0.05) is 12.0 Å². The van der Waals surface area contributed by atoms with E-state index in [0.29, 0.717) is 17.9 Å². The minimum Gasteiger partial charge on any atom is -0.496 e. The zero-order valence-corrected chi connectivity index (χ0v) is 8.99. The number of benzene rings is 1. The summed E-state index contributed by atoms with van der Waals surface area (Å²) < 4.78 is 16.2. The van der Waals surface area contributed by atoms with Crippen LogP contribution in [0.2, 0.25) is 0 Å². The molecular formula is C12H12O4. The van der Waals surface area contributed by atoms with E-state index in [1.807, 2.05) is 12.1 Å². The van der Waals surface area contributed by atoms with E-state index in [0.717, 1.165) is 18.4 Å². The molecule has 3 rings (SSSR count). The van der Waals surface area contributed by atoms with Gasteiger partial charge in [-0.3, -0.25) is 0 Å². The van der Waals surface area contributed by atoms with Gasteiger partial charge in [-0.05, 0) is 12.5 Å². The predicted octanol–water partition coefficient (Wildman–Crippen LogP) is 1.83. The van der Waals surface area contributed by atoms with Crippen molar-refractivity contribution in [3.8, 4) is 5.75 Å². The number of methoxy groups -OCH3 is 1. The minimum atomic E-state index is -0.846. The van der Waals surface area contributed by atoms with Crippen LogP contribution in [-0.2, 0) is 15.3 Å². The normalized spacial score (nSPS) is 26.9. The summed E-state index contributed by atoms with van der Waals surface area (Å²) in [4.78, 5) is 11.8. The van der Waals surface area contributed by atoms with E-state index in [4.69, 9.17) is 14.2 Å². The number of carbonyl (C=O) groups is 1. The summed E-state index contributed by atoms with van der Waals surface area (Å²) in [6.07, 6.45) is 1.63. The van der Waals surface area contributed by atoms with Crippen molar-refractivity contribution >= 4 is 5.97 Å². The number of hydrogen-bond donors (Lipinski definition) is 0. The fourth-order valence-electron chi connectivity index (χ4n) is 2.39. The number of rotatable bonds is 1. The molecule has 1 unspecified atom stereocenters. The van der Waals surface area contributed by atoms with E-state index >= 15 is 0 Å². The number of ether oxygens (including phenoxy) is 3. The molecule has 1 spiro atoms. The van der Waals surface area contributed by atoms with Gasteiger partial charge < -0.3 is 14.2 Å². The van der Waals surface area contributed by atoms with Crippen LogP contribution >= 0.6 is 0 Å². The molecule has 0 aromatic heterocycles. The molecule has 1 atom stereocenters. The molecule has 0 saturated carbocycles. The Labute approximate surface area is 93.1 Å². The first-order valence-corrected chi connectivity index (χ1v) is 5.32. The highest BCUT2D eigenvalue weighted by Crippen LogP contribution is 2.46. The third kappa shape index (κ3) is 1.10. The average Bonchev–Trinajstić information content (AvgIpc) is 2.87. The number of carbonyl (C=O) groups excluding carboxylic acids is 1. The van der Waals surface area contributed by atoms with Crippen LogP contribution < -0.4 is 4.74 Å². The summed E-state index contributed by atoms with van der Waals surface area (Å²) in [6.45, 7) is 0.629. The van der Waals surface area contributed by atoms with Crippen LogP contribution in [0.1, 0.15) is 28.8 Å². The molecule has 1 fully saturated rings. The topological polar surface area (TPSA) is 44.8 Å². The summed E-state index contributed by atoms with van der Waals surface area (Å²) in [5.41, 5.74) is 1.31. The van der Waals surface area contributed by atoms with E-state index in [1.54, 1.807) is 13.2 Å². The van der Waals surface area contributed by atoms with Crippen molar-refractivity contribution in [1.29, 1.82) is 0 Å². The van der Waals surface area contributed by atoms with Crippen molar-refractivity contribution in [3.63, 3.8) is 0 Å². The standard InChI is InChI=1S/C12H12O4/c1-14-9-5-2-4-8-10(9)11(13)16-12(8)6-3-7-15-12/h2,4-5H,3,6-7H2,1H3. The number of hydrogen-bond acceptors (Lipinski definition) is 4. The van der Waals surface area contributed by atoms with Crippen molar-refractivity contribution in [2.24, 2.45) is 0 Å². The van der Waals surface area contributed by atoms with Crippen LogP contribution in [0.25, 0.3) is 0 Å². The van der Waals surface area contributed by atoms with Gasteiger partial charge >= 0.3 is 5.97 Å². The summed E-state index contributed by atoms with van der Waals surface area (Å²) in [5.74, 6) is -0.648. The van der Waals surface area contributed by atoms with Gasteiger partial charge in [-0.2, -0.15) is 0 Å². The molecule has 4 nitrogen and oxygen atoms in total. The predicted molar refractivity (Wildman–Crippen MR) is 55.3 cm³/mol. The average molecular weight is 220 g/mol. The smallest absolute Gasteiger partial charge is 0.345 e. The van der Waals surface area contributed by atoms with Gasteiger partial charge in [-0.15, -0.1) is 0 Å². The van der Waals surface area contributed by atoms with Crippen molar-refractivity contribution in [2.75, 3.05) is 13.7 Å². The van der Waals surface area contributed by atoms with E-state index in [2.05, 4.69) is 0 Å². The zero-order chi connectivity index (χ0) is 11.2. The fourth-order valence-corrected chi connectivity index (χ4v) is 2.39. The van der Waals surface area contributed by atoms with Crippen LogP contribution in [-0.4, -0.2) is 19.7 Å². The van der Waals surface area contributed by atoms with E-state index < -0.39 is 5.79 Å². The Kier molecular flexibility index (Phi) is 1.94. The van der Waals surface area contributed by atoms with Crippen molar-refractivity contribution in [3.05, 3.63) is 29.3 Å². The van der Waals surface area contributed by atoms with Crippen LogP contribution in [0.4, 0.5) is 0 Å². The Morgan fingerprint density at radius 2 is 2.31 bits per heavy atom. The lowest BCUT2D eigenvalue weighted by atomic mass is 9.99. The van der Waals surface area contributed by atoms with Crippen LogP contribution in [0.5, 0.6) is 5.75 Å². The van der Waals surface area contributed by atoms with E-state index in [1.165, 1.54) is 0 Å². The maximum absolute atomic E-state index is 11.8. The largest absolute Gasteiger partial charge is 0.496 e. The lowest BCUT2D eigenvalue weighted by Gasteiger charge is -2.21. The molecule has 1 aromatic rings. The first-order chi connectivity index (χ1) is 7.77. The minimum absolute atomic E-state index is 0.352. The lowest BCUT2D eigenvalue weighted by Crippen LogP contribution is -2.24. The molecule has 1 aromatic carbocycles. The van der Waals surface area contributed by atoms with Crippen molar-refractivity contribution in [1.82, 2.24) is 0 Å². The third-order valence-corrected chi connectivity index (χ3v) is 3.10. The third-order valence-electron chi connectivity index (χ3n) is 3.10. The highest BCUT2D eigenvalue weighted by Gasteiger charge is 2.50. The first-order valence-electron chi connectivity index (χ1n) is 5.32. The molecule has 84 valence electrons. The molecule has 0 N–H and O–H groups in total. The Hall–Kier alpha value is -1.55. The molecule has 2 aliphatic heterocycles. The Balaban J connectivity index is 2.19. The lowest BCUT2D eigenvalue weighted by molar-refractivity contribution is -0.172. The maximum atomic E-state index is 11.8. The fraction of sp³-hybridized carbons (Fsp3) is 0.417. The van der Waals surface area contributed by atoms with Gasteiger partial charge in [0.1, 0.15) is 11.3 Å². The number of esters is 1. The monoisotopic (exact) mass is 220 g/mol. The second kappa shape index (κ2) is 3.22. The molecule has 0 radical (unpaired) electrons. The van der Waals surface area contributed by atoms with Gasteiger partial charge in [-0.1, -0.05) is 12.1 Å². The quantitative estimate of drug-likeness (QED) is 0.677. The van der Waals surface area contributed by atoms with Gasteiger partial charge in [0.25, 0.3) is 0 Å². The number of fused-ring (bicyclic) bond motifs is 2. The molecular weight excluding hydrogens is 208 g/mol. The molecule has 1 saturated heterocycles. The molecule has 2 aliphatic rings. The van der Waals surface area contributed by atoms with E-state index in [9.17, 15) is 4.79 Å². The van der Waals surface area contributed by atoms with Gasteiger partial charge in [0.05, 0.1) is 13.7 Å². The molecule has 0 amide bonds. The molecule has 2 heterocycles. The SMILES string of the molecule is COc1cccc2c1C(=O)OC21CCCO1. The summed E-state index contributed by atoms with van der Waals surface area (Å²) >= 11 is 0. The van der Waals surface area contributed by atoms with Gasteiger partial charge in [0.2, 0.25) is 5.79 Å². The molecule has 0 bridgehead atoms. The van der Waals surface area contributed by atoms with Crippen molar-refractivity contribution < 1.29 is 19.0 Å². The summed E-state index contributed by atoms with van der Waals surface area (Å²) in [6, 6.07) is 5.48. The Morgan fingerprint density at radius 3 is 3.00 bits per heavy atom. The molecule has 4 heteroatoms. The molecule has 16 heavy (non-hydrogen) atoms. The molecule has 0 aliphatic carbocycles. The van der Waals surface area contributed by atoms with E-state index in [-0.39, 0.29) is 5.97 Å². The van der Waals surface area contributed by atoms with Crippen LogP contribution in [0, 0.1) is 0 Å². The zero-order valence-electron chi connectivity index (χ0n) is 8.99. The van der Waals surface area contributed by atoms with Crippen LogP contribution in [0.15, 0.2) is 18.2 Å². The first kappa shape index (κ1) is 9.66. The van der Waals surface area contributed by atoms with Gasteiger partial charge in [0.15, 0.2) is 0 Å². The highest BCUT2D eigenvalue weighted by atomic mass is 16.7.